The van der Waals surface area contributed by atoms with Crippen LogP contribution in [0.1, 0.15) is 59.8 Å². The lowest BCUT2D eigenvalue weighted by molar-refractivity contribution is -0.162. The van der Waals surface area contributed by atoms with E-state index < -0.39 is 0 Å². The van der Waals surface area contributed by atoms with Crippen LogP contribution in [0.2, 0.25) is 0 Å². The Morgan fingerprint density at radius 1 is 1.15 bits per heavy atom. The summed E-state index contributed by atoms with van der Waals surface area (Å²) in [7, 11) is 0. The van der Waals surface area contributed by atoms with Gasteiger partial charge in [-0.1, -0.05) is 27.2 Å². The van der Waals surface area contributed by atoms with Gasteiger partial charge >= 0.3 is 5.97 Å². The molecule has 5 atom stereocenters. The van der Waals surface area contributed by atoms with Gasteiger partial charge < -0.3 is 10.1 Å². The molecule has 0 aromatic heterocycles. The summed E-state index contributed by atoms with van der Waals surface area (Å²) in [5, 5.41) is 3.40. The van der Waals surface area contributed by atoms with E-state index in [1.165, 1.54) is 12.8 Å². The molecule has 1 saturated heterocycles. The van der Waals surface area contributed by atoms with E-state index >= 15 is 0 Å². The van der Waals surface area contributed by atoms with Crippen molar-refractivity contribution in [3.63, 3.8) is 0 Å². The minimum atomic E-state index is 0.0584. The number of piperidine rings is 1. The summed E-state index contributed by atoms with van der Waals surface area (Å²) < 4.78 is 5.96. The number of ether oxygens (including phenoxy) is 1. The highest BCUT2D eigenvalue weighted by Crippen LogP contribution is 2.36. The summed E-state index contributed by atoms with van der Waals surface area (Å²) in [6, 6.07) is 0.437. The topological polar surface area (TPSA) is 38.3 Å². The van der Waals surface area contributed by atoms with Crippen LogP contribution in [0.3, 0.4) is 0 Å². The standard InChI is InChI=1S/C17H31NO2/c1-11(2)15-6-5-12(3)9-16(15)20-17(19)14-7-8-18-13(4)10-14/h11-16,18H,5-10H2,1-4H3. The fraction of sp³-hybridized carbons (Fsp3) is 0.941. The zero-order chi connectivity index (χ0) is 14.7. The summed E-state index contributed by atoms with van der Waals surface area (Å²) in [6.07, 6.45) is 5.54. The van der Waals surface area contributed by atoms with Crippen LogP contribution >= 0.6 is 0 Å². The van der Waals surface area contributed by atoms with Gasteiger partial charge in [-0.2, -0.15) is 0 Å². The molecule has 0 amide bonds. The first-order valence-corrected chi connectivity index (χ1v) is 8.41. The monoisotopic (exact) mass is 281 g/mol. The quantitative estimate of drug-likeness (QED) is 0.806. The van der Waals surface area contributed by atoms with Crippen molar-refractivity contribution in [2.45, 2.75) is 71.9 Å². The molecule has 1 aliphatic heterocycles. The fourth-order valence-corrected chi connectivity index (χ4v) is 3.84. The van der Waals surface area contributed by atoms with E-state index in [9.17, 15) is 4.79 Å². The lowest BCUT2D eigenvalue weighted by Crippen LogP contribution is -2.42. The van der Waals surface area contributed by atoms with Gasteiger partial charge in [-0.3, -0.25) is 4.79 Å². The van der Waals surface area contributed by atoms with Crippen molar-refractivity contribution in [3.8, 4) is 0 Å². The summed E-state index contributed by atoms with van der Waals surface area (Å²) in [6.45, 7) is 9.89. The predicted octanol–water partition coefficient (Wildman–Crippen LogP) is 3.38. The highest BCUT2D eigenvalue weighted by molar-refractivity contribution is 5.72. The molecular weight excluding hydrogens is 250 g/mol. The van der Waals surface area contributed by atoms with Gasteiger partial charge in [-0.05, 0) is 56.9 Å². The molecule has 2 fully saturated rings. The summed E-state index contributed by atoms with van der Waals surface area (Å²) >= 11 is 0. The van der Waals surface area contributed by atoms with Crippen molar-refractivity contribution in [1.82, 2.24) is 5.32 Å². The maximum atomic E-state index is 12.4. The van der Waals surface area contributed by atoms with Crippen LogP contribution in [0, 0.1) is 23.7 Å². The molecule has 1 saturated carbocycles. The van der Waals surface area contributed by atoms with Crippen LogP contribution in [0.4, 0.5) is 0 Å². The second kappa shape index (κ2) is 6.93. The van der Waals surface area contributed by atoms with Gasteiger partial charge in [0.25, 0.3) is 0 Å². The van der Waals surface area contributed by atoms with Crippen molar-refractivity contribution in [1.29, 1.82) is 0 Å². The van der Waals surface area contributed by atoms with E-state index in [2.05, 4.69) is 33.0 Å². The Morgan fingerprint density at radius 2 is 1.90 bits per heavy atom. The normalized spacial score (nSPS) is 38.8. The van der Waals surface area contributed by atoms with E-state index in [4.69, 9.17) is 4.74 Å². The smallest absolute Gasteiger partial charge is 0.309 e. The highest BCUT2D eigenvalue weighted by Gasteiger charge is 2.35. The molecule has 5 unspecified atom stereocenters. The Balaban J connectivity index is 1.93. The molecular formula is C17H31NO2. The first-order chi connectivity index (χ1) is 9.47. The maximum absolute atomic E-state index is 12.4. The number of carbonyl (C=O) groups excluding carboxylic acids is 1. The Bertz CT molecular complexity index is 329. The van der Waals surface area contributed by atoms with E-state index in [1.54, 1.807) is 0 Å². The van der Waals surface area contributed by atoms with Gasteiger partial charge in [0, 0.05) is 6.04 Å². The number of rotatable bonds is 3. The first-order valence-electron chi connectivity index (χ1n) is 8.41. The second-order valence-corrected chi connectivity index (χ2v) is 7.38. The number of nitrogens with one attached hydrogen (secondary N) is 1. The van der Waals surface area contributed by atoms with E-state index in [0.717, 1.165) is 25.8 Å². The van der Waals surface area contributed by atoms with Crippen LogP contribution < -0.4 is 5.32 Å². The average Bonchev–Trinajstić information content (AvgIpc) is 2.38. The van der Waals surface area contributed by atoms with Gasteiger partial charge in [-0.25, -0.2) is 0 Å². The lowest BCUT2D eigenvalue weighted by Gasteiger charge is -2.38. The lowest BCUT2D eigenvalue weighted by atomic mass is 9.75. The molecule has 2 rings (SSSR count). The van der Waals surface area contributed by atoms with Crippen LogP contribution in [0.15, 0.2) is 0 Å². The minimum absolute atomic E-state index is 0.0584. The van der Waals surface area contributed by atoms with Crippen molar-refractivity contribution >= 4 is 5.97 Å². The molecule has 2 aliphatic rings. The van der Waals surface area contributed by atoms with Gasteiger partial charge in [0.15, 0.2) is 0 Å². The number of hydrogen-bond acceptors (Lipinski definition) is 3. The maximum Gasteiger partial charge on any atom is 0.309 e. The SMILES string of the molecule is CC1CCC(C(C)C)C(OC(=O)C2CCNC(C)C2)C1. The van der Waals surface area contributed by atoms with Crippen molar-refractivity contribution in [2.75, 3.05) is 6.54 Å². The van der Waals surface area contributed by atoms with Gasteiger partial charge in [0.05, 0.1) is 5.92 Å². The van der Waals surface area contributed by atoms with Crippen molar-refractivity contribution in [3.05, 3.63) is 0 Å². The Kier molecular flexibility index (Phi) is 5.48. The molecule has 0 aromatic carbocycles. The van der Waals surface area contributed by atoms with Gasteiger partial charge in [-0.15, -0.1) is 0 Å². The number of hydrogen-bond donors (Lipinski definition) is 1. The molecule has 0 aromatic rings. The molecule has 1 aliphatic carbocycles. The van der Waals surface area contributed by atoms with Gasteiger partial charge in [0.2, 0.25) is 0 Å². The zero-order valence-corrected chi connectivity index (χ0v) is 13.5. The Morgan fingerprint density at radius 3 is 2.55 bits per heavy atom. The van der Waals surface area contributed by atoms with Crippen LogP contribution in [-0.2, 0) is 9.53 Å². The van der Waals surface area contributed by atoms with Crippen LogP contribution in [0.5, 0.6) is 0 Å². The first kappa shape index (κ1) is 15.8. The van der Waals surface area contributed by atoms with Crippen molar-refractivity contribution < 1.29 is 9.53 Å². The molecule has 1 N–H and O–H groups in total. The number of esters is 1. The third kappa shape index (κ3) is 3.97. The molecule has 3 nitrogen and oxygen atoms in total. The van der Waals surface area contributed by atoms with E-state index in [-0.39, 0.29) is 18.0 Å². The molecule has 20 heavy (non-hydrogen) atoms. The van der Waals surface area contributed by atoms with E-state index in [1.807, 2.05) is 0 Å². The van der Waals surface area contributed by atoms with Crippen LogP contribution in [0.25, 0.3) is 0 Å². The molecule has 3 heteroatoms. The minimum Gasteiger partial charge on any atom is -0.462 e. The Labute approximate surface area is 123 Å². The summed E-state index contributed by atoms with van der Waals surface area (Å²) in [4.78, 5) is 12.4. The summed E-state index contributed by atoms with van der Waals surface area (Å²) in [5.41, 5.74) is 0. The molecule has 0 radical (unpaired) electrons. The van der Waals surface area contributed by atoms with E-state index in [0.29, 0.717) is 23.8 Å². The zero-order valence-electron chi connectivity index (χ0n) is 13.5. The molecule has 1 heterocycles. The second-order valence-electron chi connectivity index (χ2n) is 7.38. The third-order valence-corrected chi connectivity index (χ3v) is 5.19. The highest BCUT2D eigenvalue weighted by atomic mass is 16.5. The fourth-order valence-electron chi connectivity index (χ4n) is 3.84. The van der Waals surface area contributed by atoms with Gasteiger partial charge in [0.1, 0.15) is 6.10 Å². The molecule has 116 valence electrons. The predicted molar refractivity (Wildman–Crippen MR) is 81.4 cm³/mol. The average molecular weight is 281 g/mol. The largest absolute Gasteiger partial charge is 0.462 e. The van der Waals surface area contributed by atoms with Crippen molar-refractivity contribution in [2.24, 2.45) is 23.7 Å². The van der Waals surface area contributed by atoms with Crippen LogP contribution in [-0.4, -0.2) is 24.7 Å². The number of carbonyl (C=O) groups is 1. The molecule has 0 bridgehead atoms. The molecule has 0 spiro atoms. The Hall–Kier alpha value is -0.570. The summed E-state index contributed by atoms with van der Waals surface area (Å²) in [5.74, 6) is 2.01. The third-order valence-electron chi connectivity index (χ3n) is 5.19.